The second-order valence-corrected chi connectivity index (χ2v) is 7.61. The van der Waals surface area contributed by atoms with Crippen molar-refractivity contribution in [1.29, 1.82) is 0 Å². The van der Waals surface area contributed by atoms with E-state index >= 15 is 0 Å². The zero-order valence-electron chi connectivity index (χ0n) is 15.4. The number of non-ortho nitro benzene ring substituents is 1. The average molecular weight is 404 g/mol. The van der Waals surface area contributed by atoms with Gasteiger partial charge in [-0.2, -0.15) is 9.41 Å². The van der Waals surface area contributed by atoms with Crippen LogP contribution in [0.25, 0.3) is 0 Å². The number of hydrazone groups is 1. The molecule has 0 heterocycles. The Morgan fingerprint density at radius 2 is 1.86 bits per heavy atom. The minimum Gasteiger partial charge on any atom is -0.267 e. The fraction of sp³-hybridized carbons (Fsp3) is 0.222. The van der Waals surface area contributed by atoms with Gasteiger partial charge in [-0.15, -0.1) is 0 Å². The van der Waals surface area contributed by atoms with Crippen molar-refractivity contribution in [3.8, 4) is 0 Å². The van der Waals surface area contributed by atoms with E-state index in [4.69, 9.17) is 0 Å². The third kappa shape index (κ3) is 4.99. The van der Waals surface area contributed by atoms with Crippen LogP contribution in [0.5, 0.6) is 0 Å². The number of carbonyl (C=O) groups excluding carboxylic acids is 1. The molecule has 0 unspecified atom stereocenters. The Morgan fingerprint density at radius 3 is 2.50 bits per heavy atom. The van der Waals surface area contributed by atoms with Crippen LogP contribution >= 0.6 is 0 Å². The number of hydrogen-bond donors (Lipinski definition) is 1. The van der Waals surface area contributed by atoms with Crippen molar-refractivity contribution < 1.29 is 18.1 Å². The molecule has 0 aliphatic carbocycles. The Hall–Kier alpha value is -3.11. The van der Waals surface area contributed by atoms with Gasteiger partial charge in [0.05, 0.1) is 16.0 Å². The van der Waals surface area contributed by atoms with Gasteiger partial charge in [-0.05, 0) is 18.2 Å². The number of nitrogens with one attached hydrogen (secondary N) is 1. The van der Waals surface area contributed by atoms with Crippen LogP contribution in [0.4, 0.5) is 5.69 Å². The summed E-state index contributed by atoms with van der Waals surface area (Å²) >= 11 is 0. The summed E-state index contributed by atoms with van der Waals surface area (Å²) < 4.78 is 26.4. The molecule has 0 atom stereocenters. The van der Waals surface area contributed by atoms with Crippen molar-refractivity contribution in [3.05, 3.63) is 69.8 Å². The molecule has 28 heavy (non-hydrogen) atoms. The Balaban J connectivity index is 2.15. The fourth-order valence-corrected chi connectivity index (χ4v) is 3.96. The van der Waals surface area contributed by atoms with Crippen molar-refractivity contribution in [3.63, 3.8) is 0 Å². The lowest BCUT2D eigenvalue weighted by Gasteiger charge is -2.18. The number of nitrogens with zero attached hydrogens (tertiary/aromatic N) is 3. The first-order valence-electron chi connectivity index (χ1n) is 8.47. The van der Waals surface area contributed by atoms with Crippen LogP contribution in [-0.2, 0) is 10.0 Å². The lowest BCUT2D eigenvalue weighted by Crippen LogP contribution is -2.30. The van der Waals surface area contributed by atoms with E-state index in [0.29, 0.717) is 18.7 Å². The molecule has 2 rings (SSSR count). The van der Waals surface area contributed by atoms with Gasteiger partial charge in [0.1, 0.15) is 0 Å². The van der Waals surface area contributed by atoms with Gasteiger partial charge in [0.15, 0.2) is 0 Å². The average Bonchev–Trinajstić information content (AvgIpc) is 2.69. The maximum atomic E-state index is 12.6. The third-order valence-corrected chi connectivity index (χ3v) is 5.95. The van der Waals surface area contributed by atoms with Crippen molar-refractivity contribution in [2.45, 2.75) is 18.7 Å². The molecular weight excluding hydrogens is 384 g/mol. The fourth-order valence-electron chi connectivity index (χ4n) is 2.46. The first-order chi connectivity index (χ1) is 13.3. The summed E-state index contributed by atoms with van der Waals surface area (Å²) in [5.41, 5.74) is 2.76. The van der Waals surface area contributed by atoms with Gasteiger partial charge < -0.3 is 0 Å². The van der Waals surface area contributed by atoms with Crippen LogP contribution in [-0.4, -0.2) is 42.9 Å². The molecule has 0 aliphatic heterocycles. The van der Waals surface area contributed by atoms with E-state index in [2.05, 4.69) is 10.5 Å². The minimum absolute atomic E-state index is 0.0199. The number of carbonyl (C=O) groups is 1. The molecule has 0 aliphatic rings. The lowest BCUT2D eigenvalue weighted by atomic mass is 10.2. The lowest BCUT2D eigenvalue weighted by molar-refractivity contribution is -0.384. The number of nitro benzene ring substituents is 1. The molecule has 148 valence electrons. The largest absolute Gasteiger partial charge is 0.271 e. The molecule has 0 saturated heterocycles. The van der Waals surface area contributed by atoms with Gasteiger partial charge in [-0.1, -0.05) is 32.0 Å². The first kappa shape index (κ1) is 21.2. The second-order valence-electron chi connectivity index (χ2n) is 5.67. The van der Waals surface area contributed by atoms with E-state index in [1.807, 2.05) is 0 Å². The van der Waals surface area contributed by atoms with Crippen molar-refractivity contribution in [2.75, 3.05) is 13.1 Å². The van der Waals surface area contributed by atoms with Gasteiger partial charge >= 0.3 is 0 Å². The number of hydrogen-bond acceptors (Lipinski definition) is 6. The number of benzene rings is 2. The van der Waals surface area contributed by atoms with Gasteiger partial charge in [-0.25, -0.2) is 13.8 Å². The Morgan fingerprint density at radius 1 is 1.18 bits per heavy atom. The predicted molar refractivity (Wildman–Crippen MR) is 105 cm³/mol. The quantitative estimate of drug-likeness (QED) is 0.411. The van der Waals surface area contributed by atoms with E-state index in [1.54, 1.807) is 19.9 Å². The standard InChI is InChI=1S/C18H20N4O5S/c1-3-21(4-2)28(26,27)17-10-6-8-15(12-17)18(23)20-19-13-14-7-5-9-16(11-14)22(24)25/h5-13H,3-4H2,1-2H3,(H,20,23). The Bertz CT molecular complexity index is 1000. The zero-order valence-corrected chi connectivity index (χ0v) is 16.2. The molecule has 0 spiro atoms. The van der Waals surface area contributed by atoms with E-state index in [1.165, 1.54) is 53.0 Å². The predicted octanol–water partition coefficient (Wildman–Crippen LogP) is 2.39. The van der Waals surface area contributed by atoms with Crippen molar-refractivity contribution in [2.24, 2.45) is 5.10 Å². The van der Waals surface area contributed by atoms with Crippen LogP contribution in [0.3, 0.4) is 0 Å². The van der Waals surface area contributed by atoms with Crippen LogP contribution in [0.1, 0.15) is 29.8 Å². The highest BCUT2D eigenvalue weighted by atomic mass is 32.2. The summed E-state index contributed by atoms with van der Waals surface area (Å²) in [6.45, 7) is 4.12. The number of amides is 1. The smallest absolute Gasteiger partial charge is 0.267 e. The van der Waals surface area contributed by atoms with Crippen molar-refractivity contribution >= 4 is 27.8 Å². The molecule has 0 aromatic heterocycles. The Kier molecular flexibility index (Phi) is 6.96. The molecule has 2 aromatic rings. The highest BCUT2D eigenvalue weighted by molar-refractivity contribution is 7.89. The molecular formula is C18H20N4O5S. The SMILES string of the molecule is CCN(CC)S(=O)(=O)c1cccc(C(=O)NN=Cc2cccc([N+](=O)[O-])c2)c1. The summed E-state index contributed by atoms with van der Waals surface area (Å²) in [7, 11) is -3.68. The van der Waals surface area contributed by atoms with Crippen LogP contribution in [0.2, 0.25) is 0 Å². The number of rotatable bonds is 8. The maximum Gasteiger partial charge on any atom is 0.271 e. The van der Waals surface area contributed by atoms with Gasteiger partial charge in [-0.3, -0.25) is 14.9 Å². The summed E-state index contributed by atoms with van der Waals surface area (Å²) in [6.07, 6.45) is 1.27. The van der Waals surface area contributed by atoms with E-state index < -0.39 is 20.9 Å². The Labute approximate surface area is 162 Å². The van der Waals surface area contributed by atoms with E-state index in [-0.39, 0.29) is 16.1 Å². The minimum atomic E-state index is -3.68. The van der Waals surface area contributed by atoms with Crippen LogP contribution < -0.4 is 5.43 Å². The van der Waals surface area contributed by atoms with Crippen molar-refractivity contribution in [1.82, 2.24) is 9.73 Å². The second kappa shape index (κ2) is 9.20. The third-order valence-electron chi connectivity index (χ3n) is 3.90. The zero-order chi connectivity index (χ0) is 20.7. The molecule has 0 bridgehead atoms. The first-order valence-corrected chi connectivity index (χ1v) is 9.91. The molecule has 10 heteroatoms. The van der Waals surface area contributed by atoms with E-state index in [9.17, 15) is 23.3 Å². The number of sulfonamides is 1. The van der Waals surface area contributed by atoms with Gasteiger partial charge in [0.25, 0.3) is 11.6 Å². The molecule has 9 nitrogen and oxygen atoms in total. The molecule has 1 N–H and O–H groups in total. The van der Waals surface area contributed by atoms with E-state index in [0.717, 1.165) is 0 Å². The molecule has 1 amide bonds. The topological polar surface area (TPSA) is 122 Å². The van der Waals surface area contributed by atoms with Crippen LogP contribution in [0, 0.1) is 10.1 Å². The summed E-state index contributed by atoms with van der Waals surface area (Å²) in [6, 6.07) is 11.4. The summed E-state index contributed by atoms with van der Waals surface area (Å²) in [5, 5.41) is 14.5. The number of nitro groups is 1. The molecule has 0 radical (unpaired) electrons. The monoisotopic (exact) mass is 404 g/mol. The van der Waals surface area contributed by atoms with Gasteiger partial charge in [0.2, 0.25) is 10.0 Å². The normalized spacial score (nSPS) is 11.7. The summed E-state index contributed by atoms with van der Waals surface area (Å²) in [5.74, 6) is -0.599. The maximum absolute atomic E-state index is 12.6. The highest BCUT2D eigenvalue weighted by Crippen LogP contribution is 2.17. The molecule has 2 aromatic carbocycles. The molecule has 0 saturated carbocycles. The van der Waals surface area contributed by atoms with Gasteiger partial charge in [0, 0.05) is 36.3 Å². The summed E-state index contributed by atoms with van der Waals surface area (Å²) in [4.78, 5) is 22.5. The van der Waals surface area contributed by atoms with Crippen LogP contribution in [0.15, 0.2) is 58.5 Å². The molecule has 0 fully saturated rings. The highest BCUT2D eigenvalue weighted by Gasteiger charge is 2.22.